The van der Waals surface area contributed by atoms with E-state index in [9.17, 15) is 13.2 Å². The summed E-state index contributed by atoms with van der Waals surface area (Å²) >= 11 is 1.25. The number of nitrogen functional groups attached to an aromatic ring is 1. The minimum absolute atomic E-state index is 0.119. The first-order chi connectivity index (χ1) is 8.33. The lowest BCUT2D eigenvalue weighted by atomic mass is 10.4. The molecule has 0 saturated heterocycles. The van der Waals surface area contributed by atoms with Crippen molar-refractivity contribution >= 4 is 38.0 Å². The fourth-order valence-corrected chi connectivity index (χ4v) is 3.59. The number of imidazole rings is 1. The maximum atomic E-state index is 12.1. The number of sulfonamides is 1. The summed E-state index contributed by atoms with van der Waals surface area (Å²) in [6.07, 6.45) is 1.53. The molecule has 0 radical (unpaired) electrons. The van der Waals surface area contributed by atoms with Crippen LogP contribution in [0.2, 0.25) is 0 Å². The number of carbonyl (C=O) groups is 1. The summed E-state index contributed by atoms with van der Waals surface area (Å²) < 4.78 is 27.7. The molecule has 2 rings (SSSR count). The molecule has 10 heteroatoms. The third kappa shape index (κ3) is 2.05. The molecular formula is C8H11N5O3S2. The van der Waals surface area contributed by atoms with Gasteiger partial charge in [0.1, 0.15) is 0 Å². The van der Waals surface area contributed by atoms with Crippen LogP contribution in [0.3, 0.4) is 0 Å². The number of hydrogen-bond donors (Lipinski definition) is 3. The molecule has 0 aliphatic carbocycles. The van der Waals surface area contributed by atoms with E-state index >= 15 is 0 Å². The summed E-state index contributed by atoms with van der Waals surface area (Å²) in [4.78, 5) is 15.3. The Balaban J connectivity index is 2.49. The Kier molecular flexibility index (Phi) is 3.00. The Morgan fingerprint density at radius 3 is 2.89 bits per heavy atom. The first-order valence-corrected chi connectivity index (χ1v) is 7.22. The number of aromatic nitrogens is 2. The van der Waals surface area contributed by atoms with Crippen molar-refractivity contribution < 1.29 is 13.2 Å². The monoisotopic (exact) mass is 289 g/mol. The topological polar surface area (TPSA) is 133 Å². The number of primary amides is 1. The minimum Gasteiger partial charge on any atom is -0.381 e. The van der Waals surface area contributed by atoms with Crippen LogP contribution in [-0.4, -0.2) is 29.8 Å². The molecule has 2 aromatic rings. The molecule has 0 fully saturated rings. The molecule has 8 nitrogen and oxygen atoms in total. The van der Waals surface area contributed by atoms with E-state index in [4.69, 9.17) is 11.5 Å². The Morgan fingerprint density at radius 1 is 1.61 bits per heavy atom. The lowest BCUT2D eigenvalue weighted by molar-refractivity contribution is -0.119. The fraction of sp³-hybridized carbons (Fsp3) is 0.250. The second-order valence-electron chi connectivity index (χ2n) is 3.60. The third-order valence-electron chi connectivity index (χ3n) is 2.26. The van der Waals surface area contributed by atoms with Crippen molar-refractivity contribution in [1.82, 2.24) is 14.1 Å². The summed E-state index contributed by atoms with van der Waals surface area (Å²) in [6, 6.07) is -1.03. The van der Waals surface area contributed by atoms with Crippen LogP contribution in [0.5, 0.6) is 0 Å². The normalized spacial score (nSPS) is 13.8. The van der Waals surface area contributed by atoms with Gasteiger partial charge in [0.15, 0.2) is 15.8 Å². The number of fused-ring (bicyclic) bond motifs is 1. The van der Waals surface area contributed by atoms with Gasteiger partial charge in [-0.05, 0) is 6.92 Å². The van der Waals surface area contributed by atoms with E-state index in [1.54, 1.807) is 5.38 Å². The Labute approximate surface area is 107 Å². The molecule has 1 amide bonds. The minimum atomic E-state index is -3.96. The highest BCUT2D eigenvalue weighted by molar-refractivity contribution is 7.89. The average Bonchev–Trinajstić information content (AvgIpc) is 2.75. The molecule has 2 aromatic heterocycles. The number of anilines is 1. The van der Waals surface area contributed by atoms with Crippen molar-refractivity contribution in [3.05, 3.63) is 11.6 Å². The van der Waals surface area contributed by atoms with Gasteiger partial charge in [0.25, 0.3) is 10.0 Å². The predicted octanol–water partition coefficient (Wildman–Crippen LogP) is -0.870. The molecule has 0 saturated carbocycles. The van der Waals surface area contributed by atoms with Crippen LogP contribution >= 0.6 is 11.3 Å². The van der Waals surface area contributed by atoms with Crippen LogP contribution in [0.1, 0.15) is 6.92 Å². The van der Waals surface area contributed by atoms with Gasteiger partial charge in [0, 0.05) is 11.6 Å². The standard InChI is InChI=1S/C8H11N5O3S2/c1-4(6(10)14)12-18(15,16)7-5(9)11-8-13(7)2-3-17-8/h2-4,12H,9H2,1H3,(H2,10,14). The molecular weight excluding hydrogens is 278 g/mol. The van der Waals surface area contributed by atoms with Gasteiger partial charge in [0.2, 0.25) is 5.91 Å². The highest BCUT2D eigenvalue weighted by Crippen LogP contribution is 2.23. The first-order valence-electron chi connectivity index (χ1n) is 4.85. The smallest absolute Gasteiger partial charge is 0.261 e. The summed E-state index contributed by atoms with van der Waals surface area (Å²) in [5.74, 6) is -0.894. The van der Waals surface area contributed by atoms with Crippen molar-refractivity contribution in [3.63, 3.8) is 0 Å². The van der Waals surface area contributed by atoms with E-state index in [0.717, 1.165) is 0 Å². The molecule has 0 aliphatic heterocycles. The van der Waals surface area contributed by atoms with Gasteiger partial charge in [-0.25, -0.2) is 13.4 Å². The second kappa shape index (κ2) is 4.23. The maximum absolute atomic E-state index is 12.1. The van der Waals surface area contributed by atoms with Crippen molar-refractivity contribution in [2.24, 2.45) is 5.73 Å². The van der Waals surface area contributed by atoms with Crippen molar-refractivity contribution in [3.8, 4) is 0 Å². The molecule has 5 N–H and O–H groups in total. The number of nitrogens with one attached hydrogen (secondary N) is 1. The molecule has 0 aliphatic rings. The quantitative estimate of drug-likeness (QED) is 0.673. The number of rotatable bonds is 4. The molecule has 98 valence electrons. The fourth-order valence-electron chi connectivity index (χ4n) is 1.40. The lowest BCUT2D eigenvalue weighted by Gasteiger charge is -2.10. The summed E-state index contributed by atoms with van der Waals surface area (Å²) in [6.45, 7) is 1.35. The van der Waals surface area contributed by atoms with Gasteiger partial charge in [-0.15, -0.1) is 11.3 Å². The Morgan fingerprint density at radius 2 is 2.28 bits per heavy atom. The van der Waals surface area contributed by atoms with E-state index in [0.29, 0.717) is 4.96 Å². The van der Waals surface area contributed by atoms with Crippen molar-refractivity contribution in [2.45, 2.75) is 18.0 Å². The van der Waals surface area contributed by atoms with E-state index in [2.05, 4.69) is 9.71 Å². The molecule has 1 atom stereocenters. The highest BCUT2D eigenvalue weighted by atomic mass is 32.2. The molecule has 0 bridgehead atoms. The lowest BCUT2D eigenvalue weighted by Crippen LogP contribution is -2.42. The van der Waals surface area contributed by atoms with Gasteiger partial charge >= 0.3 is 0 Å². The summed E-state index contributed by atoms with van der Waals surface area (Å²) in [5.41, 5.74) is 10.6. The Bertz CT molecular complexity index is 701. The van der Waals surface area contributed by atoms with Crippen LogP contribution in [0.25, 0.3) is 4.96 Å². The van der Waals surface area contributed by atoms with Gasteiger partial charge in [-0.2, -0.15) is 4.72 Å². The zero-order valence-corrected chi connectivity index (χ0v) is 11.0. The van der Waals surface area contributed by atoms with E-state index in [1.165, 1.54) is 28.9 Å². The third-order valence-corrected chi connectivity index (χ3v) is 4.59. The second-order valence-corrected chi connectivity index (χ2v) is 6.11. The molecule has 0 spiro atoms. The average molecular weight is 289 g/mol. The van der Waals surface area contributed by atoms with Crippen LogP contribution in [-0.2, 0) is 14.8 Å². The number of nitrogens with two attached hydrogens (primary N) is 2. The van der Waals surface area contributed by atoms with E-state index < -0.39 is 22.0 Å². The van der Waals surface area contributed by atoms with Crippen LogP contribution in [0, 0.1) is 0 Å². The van der Waals surface area contributed by atoms with Crippen LogP contribution in [0.4, 0.5) is 5.82 Å². The van der Waals surface area contributed by atoms with E-state index in [1.807, 2.05) is 0 Å². The summed E-state index contributed by atoms with van der Waals surface area (Å²) in [5, 5.41) is 1.49. The molecule has 2 heterocycles. The molecule has 18 heavy (non-hydrogen) atoms. The van der Waals surface area contributed by atoms with Gasteiger partial charge in [-0.1, -0.05) is 0 Å². The van der Waals surface area contributed by atoms with Gasteiger partial charge < -0.3 is 11.5 Å². The first kappa shape index (κ1) is 12.8. The number of thiazole rings is 1. The number of hydrogen-bond acceptors (Lipinski definition) is 6. The van der Waals surface area contributed by atoms with Crippen molar-refractivity contribution in [2.75, 3.05) is 5.73 Å². The van der Waals surface area contributed by atoms with E-state index in [-0.39, 0.29) is 10.8 Å². The molecule has 0 aromatic carbocycles. The number of carbonyl (C=O) groups excluding carboxylic acids is 1. The number of amides is 1. The maximum Gasteiger partial charge on any atom is 0.261 e. The predicted molar refractivity (Wildman–Crippen MR) is 66.5 cm³/mol. The zero-order chi connectivity index (χ0) is 13.5. The van der Waals surface area contributed by atoms with Crippen LogP contribution < -0.4 is 16.2 Å². The largest absolute Gasteiger partial charge is 0.381 e. The molecule has 1 unspecified atom stereocenters. The summed E-state index contributed by atoms with van der Waals surface area (Å²) in [7, 11) is -3.96. The zero-order valence-electron chi connectivity index (χ0n) is 9.32. The van der Waals surface area contributed by atoms with Gasteiger partial charge in [0.05, 0.1) is 6.04 Å². The van der Waals surface area contributed by atoms with Crippen molar-refractivity contribution in [1.29, 1.82) is 0 Å². The SMILES string of the molecule is CC(NS(=O)(=O)c1c(N)nc2sccn12)C(N)=O. The number of nitrogens with zero attached hydrogens (tertiary/aromatic N) is 2. The Hall–Kier alpha value is -1.65. The van der Waals surface area contributed by atoms with Crippen LogP contribution in [0.15, 0.2) is 16.6 Å². The highest BCUT2D eigenvalue weighted by Gasteiger charge is 2.27. The van der Waals surface area contributed by atoms with Gasteiger partial charge in [-0.3, -0.25) is 9.20 Å².